The zero-order valence-corrected chi connectivity index (χ0v) is 14.5. The molecule has 5 nitrogen and oxygen atoms in total. The molecule has 0 atom stereocenters. The number of rotatable bonds is 2. The summed E-state index contributed by atoms with van der Waals surface area (Å²) in [7, 11) is 0. The molecule has 0 unspecified atom stereocenters. The minimum Gasteiger partial charge on any atom is -0.393 e. The van der Waals surface area contributed by atoms with E-state index >= 15 is 0 Å². The monoisotopic (exact) mass is 347 g/mol. The second kappa shape index (κ2) is 6.56. The number of anilines is 1. The molecule has 25 heavy (non-hydrogen) atoms. The van der Waals surface area contributed by atoms with Crippen LogP contribution in [0.2, 0.25) is 0 Å². The average Bonchev–Trinajstić information content (AvgIpc) is 2.94. The van der Waals surface area contributed by atoms with Crippen molar-refractivity contribution in [2.45, 2.75) is 57.1 Å². The first-order valence-corrected chi connectivity index (χ1v) is 9.43. The molecule has 4 rings (SSSR count). The lowest BCUT2D eigenvalue weighted by Crippen LogP contribution is -2.47. The van der Waals surface area contributed by atoms with Crippen molar-refractivity contribution in [1.29, 1.82) is 0 Å². The van der Waals surface area contributed by atoms with E-state index in [9.17, 15) is 14.3 Å². The van der Waals surface area contributed by atoms with Gasteiger partial charge in [-0.25, -0.2) is 4.39 Å². The van der Waals surface area contributed by atoms with Crippen molar-refractivity contribution in [1.82, 2.24) is 9.88 Å². The Morgan fingerprint density at radius 3 is 2.48 bits per heavy atom. The Labute approximate surface area is 147 Å². The lowest BCUT2D eigenvalue weighted by molar-refractivity contribution is -0.139. The van der Waals surface area contributed by atoms with Crippen LogP contribution in [0.15, 0.2) is 18.5 Å². The molecular weight excluding hydrogens is 321 g/mol. The summed E-state index contributed by atoms with van der Waals surface area (Å²) in [4.78, 5) is 21.1. The van der Waals surface area contributed by atoms with Crippen LogP contribution in [0, 0.1) is 11.2 Å². The van der Waals surface area contributed by atoms with Gasteiger partial charge in [-0.05, 0) is 51.0 Å². The number of carbonyl (C=O) groups excluding carboxylic acids is 1. The number of nitrogens with zero attached hydrogens (tertiary/aromatic N) is 3. The smallest absolute Gasteiger partial charge is 0.229 e. The van der Waals surface area contributed by atoms with Crippen molar-refractivity contribution in [2.75, 3.05) is 24.5 Å². The van der Waals surface area contributed by atoms with Crippen LogP contribution in [0.4, 0.5) is 10.1 Å². The van der Waals surface area contributed by atoms with Crippen LogP contribution in [0.3, 0.4) is 0 Å². The number of aromatic nitrogens is 1. The van der Waals surface area contributed by atoms with Crippen LogP contribution in [-0.4, -0.2) is 52.7 Å². The highest BCUT2D eigenvalue weighted by atomic mass is 19.1. The molecule has 3 aliphatic rings. The fourth-order valence-electron chi connectivity index (χ4n) is 4.83. The second-order valence-corrected chi connectivity index (χ2v) is 7.81. The van der Waals surface area contributed by atoms with E-state index in [0.717, 1.165) is 51.5 Å². The molecule has 0 radical (unpaired) electrons. The molecule has 1 saturated carbocycles. The molecule has 2 saturated heterocycles. The number of amides is 1. The normalized spacial score (nSPS) is 29.4. The minimum absolute atomic E-state index is 0.193. The van der Waals surface area contributed by atoms with Gasteiger partial charge in [-0.1, -0.05) is 0 Å². The third-order valence-corrected chi connectivity index (χ3v) is 6.47. The van der Waals surface area contributed by atoms with Crippen molar-refractivity contribution in [3.05, 3.63) is 24.3 Å². The van der Waals surface area contributed by atoms with Crippen molar-refractivity contribution >= 4 is 11.6 Å². The summed E-state index contributed by atoms with van der Waals surface area (Å²) >= 11 is 0. The van der Waals surface area contributed by atoms with E-state index in [4.69, 9.17) is 0 Å². The zero-order valence-electron chi connectivity index (χ0n) is 14.5. The third kappa shape index (κ3) is 3.01. The summed E-state index contributed by atoms with van der Waals surface area (Å²) in [5.74, 6) is 0.00216. The Morgan fingerprint density at radius 1 is 1.12 bits per heavy atom. The molecule has 0 bridgehead atoms. The molecule has 1 aromatic rings. The molecule has 1 N–H and O–H groups in total. The van der Waals surface area contributed by atoms with Gasteiger partial charge < -0.3 is 14.9 Å². The Morgan fingerprint density at radius 2 is 1.80 bits per heavy atom. The molecule has 2 aliphatic heterocycles. The van der Waals surface area contributed by atoms with Gasteiger partial charge in [-0.2, -0.15) is 0 Å². The van der Waals surface area contributed by atoms with Crippen LogP contribution < -0.4 is 4.90 Å². The van der Waals surface area contributed by atoms with Gasteiger partial charge >= 0.3 is 0 Å². The van der Waals surface area contributed by atoms with Gasteiger partial charge in [0.05, 0.1) is 23.4 Å². The average molecular weight is 347 g/mol. The van der Waals surface area contributed by atoms with Crippen molar-refractivity contribution < 1.29 is 14.3 Å². The fraction of sp³-hybridized carbons (Fsp3) is 0.684. The molecule has 1 aromatic heterocycles. The van der Waals surface area contributed by atoms with Gasteiger partial charge in [-0.3, -0.25) is 9.78 Å². The van der Waals surface area contributed by atoms with Gasteiger partial charge in [-0.15, -0.1) is 0 Å². The van der Waals surface area contributed by atoms with Gasteiger partial charge in [0.1, 0.15) is 0 Å². The predicted molar refractivity (Wildman–Crippen MR) is 92.7 cm³/mol. The summed E-state index contributed by atoms with van der Waals surface area (Å²) in [6, 6.07) is 2.01. The van der Waals surface area contributed by atoms with Crippen LogP contribution >= 0.6 is 0 Å². The topological polar surface area (TPSA) is 56.7 Å². The highest BCUT2D eigenvalue weighted by Gasteiger charge is 2.50. The van der Waals surface area contributed by atoms with Gasteiger partial charge in [0.25, 0.3) is 0 Å². The number of halogens is 1. The van der Waals surface area contributed by atoms with E-state index in [1.807, 2.05) is 4.90 Å². The largest absolute Gasteiger partial charge is 0.393 e. The molecule has 1 aliphatic carbocycles. The van der Waals surface area contributed by atoms with Crippen LogP contribution in [0.25, 0.3) is 0 Å². The van der Waals surface area contributed by atoms with Crippen molar-refractivity contribution in [3.8, 4) is 0 Å². The maximum absolute atomic E-state index is 14.0. The number of carbonyl (C=O) groups is 1. The first kappa shape index (κ1) is 16.8. The summed E-state index contributed by atoms with van der Waals surface area (Å²) in [6.45, 7) is 2.26. The summed E-state index contributed by atoms with van der Waals surface area (Å²) in [6.07, 6.45) is 8.60. The Bertz CT molecular complexity index is 637. The van der Waals surface area contributed by atoms with Crippen molar-refractivity contribution in [3.63, 3.8) is 0 Å². The van der Waals surface area contributed by atoms with Crippen LogP contribution in [0.1, 0.15) is 44.9 Å². The summed E-state index contributed by atoms with van der Waals surface area (Å²) < 4.78 is 14.0. The standard InChI is InChI=1S/C19H26FN3O2/c20-16-13-21-9-5-17(16)22-10-6-19(7-11-22)8-12-23(18(19)25)14-1-3-15(24)4-2-14/h5,9,13-15,24H,1-4,6-8,10-12H2/t14-,15-. The molecule has 3 heterocycles. The zero-order chi connectivity index (χ0) is 17.4. The number of piperidine rings is 1. The number of hydrogen-bond donors (Lipinski definition) is 1. The van der Waals surface area contributed by atoms with E-state index in [0.29, 0.717) is 30.7 Å². The number of hydrogen-bond acceptors (Lipinski definition) is 4. The lowest BCUT2D eigenvalue weighted by atomic mass is 9.77. The molecule has 1 spiro atoms. The van der Waals surface area contributed by atoms with Gasteiger partial charge in [0.15, 0.2) is 5.82 Å². The highest BCUT2D eigenvalue weighted by molar-refractivity contribution is 5.85. The van der Waals surface area contributed by atoms with Crippen LogP contribution in [-0.2, 0) is 4.79 Å². The number of pyridine rings is 1. The molecule has 3 fully saturated rings. The molecule has 0 aromatic carbocycles. The molecule has 136 valence electrons. The molecule has 6 heteroatoms. The van der Waals surface area contributed by atoms with Gasteiger partial charge in [0, 0.05) is 31.9 Å². The fourth-order valence-corrected chi connectivity index (χ4v) is 4.83. The lowest BCUT2D eigenvalue weighted by Gasteiger charge is -2.40. The predicted octanol–water partition coefficient (Wildman–Crippen LogP) is 2.34. The quantitative estimate of drug-likeness (QED) is 0.892. The maximum Gasteiger partial charge on any atom is 0.229 e. The first-order chi connectivity index (χ1) is 12.1. The maximum atomic E-state index is 14.0. The van der Waals surface area contributed by atoms with E-state index in [1.54, 1.807) is 12.3 Å². The van der Waals surface area contributed by atoms with E-state index in [-0.39, 0.29) is 17.3 Å². The minimum atomic E-state index is -0.293. The number of likely N-dealkylation sites (tertiary alicyclic amines) is 1. The highest BCUT2D eigenvalue weighted by Crippen LogP contribution is 2.44. The van der Waals surface area contributed by atoms with E-state index < -0.39 is 0 Å². The SMILES string of the molecule is O=C1N([C@H]2CC[C@H](O)CC2)CCC12CCN(c1ccncc1F)CC2. The van der Waals surface area contributed by atoms with Crippen molar-refractivity contribution in [2.24, 2.45) is 5.41 Å². The summed E-state index contributed by atoms with van der Waals surface area (Å²) in [5.41, 5.74) is 0.337. The number of aliphatic hydroxyl groups excluding tert-OH is 1. The van der Waals surface area contributed by atoms with E-state index in [2.05, 4.69) is 9.88 Å². The number of aliphatic hydroxyl groups is 1. The Kier molecular flexibility index (Phi) is 4.40. The first-order valence-electron chi connectivity index (χ1n) is 9.43. The van der Waals surface area contributed by atoms with E-state index in [1.165, 1.54) is 6.20 Å². The van der Waals surface area contributed by atoms with Crippen LogP contribution in [0.5, 0.6) is 0 Å². The molecule has 1 amide bonds. The summed E-state index contributed by atoms with van der Waals surface area (Å²) in [5, 5.41) is 9.69. The second-order valence-electron chi connectivity index (χ2n) is 7.81. The molecular formula is C19H26FN3O2. The Hall–Kier alpha value is -1.69. The Balaban J connectivity index is 1.41. The van der Waals surface area contributed by atoms with Gasteiger partial charge in [0.2, 0.25) is 5.91 Å². The third-order valence-electron chi connectivity index (χ3n) is 6.47.